The summed E-state index contributed by atoms with van der Waals surface area (Å²) < 4.78 is 16.1. The standard InChI is InChI=1S/C20H27NO6S/c1-13(2)27-10-5-8-21-19(23)17(18(20(21)24)28-11-9-22)14-6-7-15(25-3)16(12-14)26-4/h6-7,12-13,22H,5,8-11H2,1-4H3. The van der Waals surface area contributed by atoms with Gasteiger partial charge in [0.25, 0.3) is 11.8 Å². The summed E-state index contributed by atoms with van der Waals surface area (Å²) in [7, 11) is 3.05. The lowest BCUT2D eigenvalue weighted by Gasteiger charge is -2.16. The number of carbonyl (C=O) groups is 2. The molecule has 1 aromatic rings. The van der Waals surface area contributed by atoms with Crippen LogP contribution < -0.4 is 9.47 Å². The van der Waals surface area contributed by atoms with E-state index in [1.165, 1.54) is 30.9 Å². The molecule has 0 saturated heterocycles. The van der Waals surface area contributed by atoms with Crippen molar-refractivity contribution in [2.75, 3.05) is 39.7 Å². The van der Waals surface area contributed by atoms with Gasteiger partial charge in [-0.2, -0.15) is 0 Å². The Morgan fingerprint density at radius 1 is 1.11 bits per heavy atom. The zero-order valence-electron chi connectivity index (χ0n) is 16.7. The Labute approximate surface area is 169 Å². The highest BCUT2D eigenvalue weighted by Crippen LogP contribution is 2.39. The fourth-order valence-electron chi connectivity index (χ4n) is 2.83. The minimum absolute atomic E-state index is 0.0862. The molecule has 0 spiro atoms. The van der Waals surface area contributed by atoms with E-state index < -0.39 is 0 Å². The first kappa shape index (κ1) is 22.3. The number of carbonyl (C=O) groups excluding carboxylic acids is 2. The summed E-state index contributed by atoms with van der Waals surface area (Å²) in [6.07, 6.45) is 0.661. The number of hydrogen-bond donors (Lipinski definition) is 1. The number of methoxy groups -OCH3 is 2. The van der Waals surface area contributed by atoms with E-state index in [-0.39, 0.29) is 31.1 Å². The lowest BCUT2D eigenvalue weighted by atomic mass is 10.1. The SMILES string of the molecule is COc1ccc(C2=C(SCCO)C(=O)N(CCCOC(C)C)C2=O)cc1OC. The van der Waals surface area contributed by atoms with Gasteiger partial charge in [-0.1, -0.05) is 6.07 Å². The summed E-state index contributed by atoms with van der Waals surface area (Å²) in [6.45, 7) is 4.54. The molecule has 2 rings (SSSR count). The van der Waals surface area contributed by atoms with E-state index >= 15 is 0 Å². The quantitative estimate of drug-likeness (QED) is 0.443. The van der Waals surface area contributed by atoms with Crippen LogP contribution in [0, 0.1) is 0 Å². The number of nitrogens with zero attached hydrogens (tertiary/aromatic N) is 1. The molecule has 0 saturated carbocycles. The van der Waals surface area contributed by atoms with E-state index in [4.69, 9.17) is 14.2 Å². The van der Waals surface area contributed by atoms with Crippen molar-refractivity contribution in [2.24, 2.45) is 0 Å². The van der Waals surface area contributed by atoms with Crippen LogP contribution >= 0.6 is 11.8 Å². The van der Waals surface area contributed by atoms with Gasteiger partial charge in [0.15, 0.2) is 11.5 Å². The van der Waals surface area contributed by atoms with E-state index in [1.54, 1.807) is 18.2 Å². The Balaban J connectivity index is 2.30. The van der Waals surface area contributed by atoms with Crippen molar-refractivity contribution in [1.29, 1.82) is 0 Å². The molecule has 0 unspecified atom stereocenters. The molecular weight excluding hydrogens is 382 g/mol. The Kier molecular flexibility index (Phi) is 8.35. The van der Waals surface area contributed by atoms with Gasteiger partial charge in [-0.15, -0.1) is 11.8 Å². The molecule has 0 aliphatic carbocycles. The molecule has 0 radical (unpaired) electrons. The normalized spacial score (nSPS) is 14.4. The van der Waals surface area contributed by atoms with Gasteiger partial charge in [0, 0.05) is 18.9 Å². The first-order valence-electron chi connectivity index (χ1n) is 9.12. The van der Waals surface area contributed by atoms with Crippen LogP contribution in [0.4, 0.5) is 0 Å². The molecule has 0 fully saturated rings. The average Bonchev–Trinajstić information content (AvgIpc) is 2.92. The number of rotatable bonds is 11. The summed E-state index contributed by atoms with van der Waals surface area (Å²) in [5.41, 5.74) is 0.909. The van der Waals surface area contributed by atoms with Crippen molar-refractivity contribution in [1.82, 2.24) is 4.90 Å². The van der Waals surface area contributed by atoms with Crippen molar-refractivity contribution >= 4 is 29.1 Å². The number of imide groups is 1. The van der Waals surface area contributed by atoms with Crippen LogP contribution in [0.15, 0.2) is 23.1 Å². The van der Waals surface area contributed by atoms with Gasteiger partial charge in [-0.25, -0.2) is 0 Å². The minimum atomic E-state index is -0.345. The highest BCUT2D eigenvalue weighted by Gasteiger charge is 2.39. The van der Waals surface area contributed by atoms with Gasteiger partial charge in [-0.3, -0.25) is 14.5 Å². The third-order valence-electron chi connectivity index (χ3n) is 4.11. The molecule has 1 N–H and O–H groups in total. The number of hydrogen-bond acceptors (Lipinski definition) is 7. The molecule has 1 aliphatic heterocycles. The van der Waals surface area contributed by atoms with Crippen molar-refractivity contribution in [3.8, 4) is 11.5 Å². The largest absolute Gasteiger partial charge is 0.493 e. The van der Waals surface area contributed by atoms with Crippen LogP contribution in [-0.2, 0) is 14.3 Å². The Bertz CT molecular complexity index is 746. The van der Waals surface area contributed by atoms with Crippen LogP contribution in [0.5, 0.6) is 11.5 Å². The van der Waals surface area contributed by atoms with Gasteiger partial charge in [0.2, 0.25) is 0 Å². The van der Waals surface area contributed by atoms with E-state index in [1.807, 2.05) is 13.8 Å². The number of ether oxygens (including phenoxy) is 3. The predicted octanol–water partition coefficient (Wildman–Crippen LogP) is 2.32. The zero-order chi connectivity index (χ0) is 20.7. The van der Waals surface area contributed by atoms with E-state index in [0.29, 0.717) is 46.3 Å². The maximum Gasteiger partial charge on any atom is 0.267 e. The number of benzene rings is 1. The van der Waals surface area contributed by atoms with Crippen LogP contribution in [0.2, 0.25) is 0 Å². The Morgan fingerprint density at radius 2 is 1.82 bits per heavy atom. The van der Waals surface area contributed by atoms with Crippen molar-refractivity contribution in [2.45, 2.75) is 26.4 Å². The molecule has 2 amide bonds. The van der Waals surface area contributed by atoms with Crippen LogP contribution in [0.1, 0.15) is 25.8 Å². The van der Waals surface area contributed by atoms with E-state index in [2.05, 4.69) is 0 Å². The molecule has 1 aromatic carbocycles. The maximum atomic E-state index is 13.0. The summed E-state index contributed by atoms with van der Waals surface area (Å²) >= 11 is 1.18. The third-order valence-corrected chi connectivity index (χ3v) is 5.17. The van der Waals surface area contributed by atoms with Gasteiger partial charge < -0.3 is 19.3 Å². The molecule has 0 bridgehead atoms. The van der Waals surface area contributed by atoms with Gasteiger partial charge in [-0.05, 0) is 38.0 Å². The van der Waals surface area contributed by atoms with E-state index in [0.717, 1.165) is 0 Å². The summed E-state index contributed by atoms with van der Waals surface area (Å²) in [5.74, 6) is 0.661. The average molecular weight is 410 g/mol. The molecule has 1 heterocycles. The molecule has 8 heteroatoms. The molecule has 1 aliphatic rings. The molecule has 154 valence electrons. The first-order chi connectivity index (χ1) is 13.4. The molecular formula is C20H27NO6S. The van der Waals surface area contributed by atoms with Crippen LogP contribution in [-0.4, -0.2) is 67.7 Å². The van der Waals surface area contributed by atoms with Gasteiger partial charge >= 0.3 is 0 Å². The summed E-state index contributed by atoms with van der Waals surface area (Å²) in [6, 6.07) is 5.11. The van der Waals surface area contributed by atoms with Crippen molar-refractivity contribution in [3.63, 3.8) is 0 Å². The summed E-state index contributed by atoms with van der Waals surface area (Å²) in [4.78, 5) is 27.5. The topological polar surface area (TPSA) is 85.3 Å². The minimum Gasteiger partial charge on any atom is -0.493 e. The summed E-state index contributed by atoms with van der Waals surface area (Å²) in [5, 5.41) is 9.17. The zero-order valence-corrected chi connectivity index (χ0v) is 17.5. The van der Waals surface area contributed by atoms with Crippen LogP contribution in [0.3, 0.4) is 0 Å². The van der Waals surface area contributed by atoms with Crippen LogP contribution in [0.25, 0.3) is 5.57 Å². The fraction of sp³-hybridized carbons (Fsp3) is 0.500. The molecule has 0 atom stereocenters. The molecule has 0 aromatic heterocycles. The second kappa shape index (κ2) is 10.5. The monoisotopic (exact) mass is 409 g/mol. The second-order valence-electron chi connectivity index (χ2n) is 6.38. The van der Waals surface area contributed by atoms with Crippen molar-refractivity contribution < 1.29 is 28.9 Å². The maximum absolute atomic E-state index is 13.0. The fourth-order valence-corrected chi connectivity index (χ4v) is 3.71. The smallest absolute Gasteiger partial charge is 0.267 e. The third kappa shape index (κ3) is 5.06. The number of amides is 2. The Morgan fingerprint density at radius 3 is 2.43 bits per heavy atom. The number of thioether (sulfide) groups is 1. The van der Waals surface area contributed by atoms with Crippen molar-refractivity contribution in [3.05, 3.63) is 28.7 Å². The highest BCUT2D eigenvalue weighted by atomic mass is 32.2. The first-order valence-corrected chi connectivity index (χ1v) is 10.1. The molecule has 28 heavy (non-hydrogen) atoms. The Hall–Kier alpha value is -2.03. The second-order valence-corrected chi connectivity index (χ2v) is 7.49. The number of aliphatic hydroxyl groups excluding tert-OH is 1. The lowest BCUT2D eigenvalue weighted by Crippen LogP contribution is -2.33. The van der Waals surface area contributed by atoms with Gasteiger partial charge in [0.05, 0.1) is 37.4 Å². The van der Waals surface area contributed by atoms with Gasteiger partial charge in [0.1, 0.15) is 0 Å². The van der Waals surface area contributed by atoms with E-state index in [9.17, 15) is 14.7 Å². The number of aliphatic hydroxyl groups is 1. The highest BCUT2D eigenvalue weighted by molar-refractivity contribution is 8.04. The molecule has 7 nitrogen and oxygen atoms in total. The predicted molar refractivity (Wildman–Crippen MR) is 108 cm³/mol. The lowest BCUT2D eigenvalue weighted by molar-refractivity contribution is -0.136.